The minimum Gasteiger partial charge on any atom is -0.463 e. The van der Waals surface area contributed by atoms with E-state index in [1.165, 1.54) is 13.8 Å². The Balaban J connectivity index is 2.64. The van der Waals surface area contributed by atoms with Gasteiger partial charge >= 0.3 is 11.9 Å². The first-order valence-corrected chi connectivity index (χ1v) is 5.97. The molecule has 6 nitrogen and oxygen atoms in total. The second-order valence-electron chi connectivity index (χ2n) is 4.61. The number of carbonyl (C=O) groups excluding carboxylic acids is 2. The average molecular weight is 260 g/mol. The van der Waals surface area contributed by atoms with Gasteiger partial charge in [0, 0.05) is 19.8 Å². The predicted molar refractivity (Wildman–Crippen MR) is 61.7 cm³/mol. The summed E-state index contributed by atoms with van der Waals surface area (Å²) >= 11 is 0. The summed E-state index contributed by atoms with van der Waals surface area (Å²) in [5.41, 5.74) is 0. The smallest absolute Gasteiger partial charge is 0.303 e. The van der Waals surface area contributed by atoms with Crippen LogP contribution in [0.25, 0.3) is 0 Å². The molecular formula is C12H20O6. The maximum absolute atomic E-state index is 10.9. The molecular weight excluding hydrogens is 240 g/mol. The van der Waals surface area contributed by atoms with Crippen molar-refractivity contribution in [3.8, 4) is 0 Å². The van der Waals surface area contributed by atoms with E-state index in [0.717, 1.165) is 0 Å². The number of carbonyl (C=O) groups is 2. The van der Waals surface area contributed by atoms with E-state index in [1.54, 1.807) is 13.8 Å². The van der Waals surface area contributed by atoms with Gasteiger partial charge < -0.3 is 19.3 Å². The highest BCUT2D eigenvalue weighted by atomic mass is 16.6. The Bertz CT molecular complexity index is 314. The minimum atomic E-state index is -0.835. The number of esters is 2. The Morgan fingerprint density at radius 2 is 1.83 bits per heavy atom. The van der Waals surface area contributed by atoms with Gasteiger partial charge in [-0.25, -0.2) is 0 Å². The van der Waals surface area contributed by atoms with Gasteiger partial charge in [-0.05, 0) is 6.92 Å². The molecule has 18 heavy (non-hydrogen) atoms. The Labute approximate surface area is 106 Å². The molecule has 0 aromatic rings. The third-order valence-electron chi connectivity index (χ3n) is 3.07. The molecule has 1 fully saturated rings. The van der Waals surface area contributed by atoms with Crippen LogP contribution in [-0.4, -0.2) is 48.1 Å². The van der Waals surface area contributed by atoms with Crippen LogP contribution in [0.3, 0.4) is 0 Å². The van der Waals surface area contributed by atoms with Gasteiger partial charge in [0.05, 0.1) is 18.3 Å². The molecule has 0 radical (unpaired) electrons. The summed E-state index contributed by atoms with van der Waals surface area (Å²) in [4.78, 5) is 21.7. The summed E-state index contributed by atoms with van der Waals surface area (Å²) in [5, 5.41) is 10.1. The SMILES string of the molecule is CC(=O)OCC1O[C@@H](C)C(OC(C)=O)[C@@H](O)[C@@H]1C. The number of hydrogen-bond donors (Lipinski definition) is 1. The normalized spacial score (nSPS) is 35.9. The minimum absolute atomic E-state index is 0.0880. The Hall–Kier alpha value is -1.14. The number of aliphatic hydroxyl groups is 1. The molecule has 5 atom stereocenters. The molecule has 0 amide bonds. The van der Waals surface area contributed by atoms with Crippen molar-refractivity contribution in [1.29, 1.82) is 0 Å². The first kappa shape index (κ1) is 14.9. The highest BCUT2D eigenvalue weighted by Crippen LogP contribution is 2.28. The van der Waals surface area contributed by atoms with Gasteiger partial charge in [-0.15, -0.1) is 0 Å². The van der Waals surface area contributed by atoms with Crippen LogP contribution in [0.2, 0.25) is 0 Å². The fourth-order valence-electron chi connectivity index (χ4n) is 2.02. The fraction of sp³-hybridized carbons (Fsp3) is 0.833. The van der Waals surface area contributed by atoms with E-state index in [2.05, 4.69) is 0 Å². The molecule has 0 aromatic carbocycles. The quantitative estimate of drug-likeness (QED) is 0.733. The van der Waals surface area contributed by atoms with Crippen LogP contribution in [0.5, 0.6) is 0 Å². The molecule has 1 rings (SSSR count). The van der Waals surface area contributed by atoms with Crippen molar-refractivity contribution in [1.82, 2.24) is 0 Å². The van der Waals surface area contributed by atoms with Crippen LogP contribution in [0, 0.1) is 5.92 Å². The Kier molecular flexibility index (Phi) is 5.10. The second kappa shape index (κ2) is 6.15. The van der Waals surface area contributed by atoms with Crippen LogP contribution >= 0.6 is 0 Å². The van der Waals surface area contributed by atoms with Crippen molar-refractivity contribution in [2.45, 2.75) is 52.1 Å². The number of ether oxygens (including phenoxy) is 3. The van der Waals surface area contributed by atoms with Gasteiger partial charge in [0.25, 0.3) is 0 Å². The summed E-state index contributed by atoms with van der Waals surface area (Å²) in [6.07, 6.45) is -2.37. The van der Waals surface area contributed by atoms with Crippen molar-refractivity contribution in [2.75, 3.05) is 6.61 Å². The summed E-state index contributed by atoms with van der Waals surface area (Å²) in [6.45, 7) is 6.17. The zero-order valence-electron chi connectivity index (χ0n) is 11.1. The van der Waals surface area contributed by atoms with Crippen LogP contribution in [0.1, 0.15) is 27.7 Å². The third-order valence-corrected chi connectivity index (χ3v) is 3.07. The Morgan fingerprint density at radius 1 is 1.22 bits per heavy atom. The molecule has 1 aliphatic heterocycles. The van der Waals surface area contributed by atoms with Crippen LogP contribution in [-0.2, 0) is 23.8 Å². The summed E-state index contributed by atoms with van der Waals surface area (Å²) < 4.78 is 15.5. The largest absolute Gasteiger partial charge is 0.463 e. The maximum Gasteiger partial charge on any atom is 0.303 e. The van der Waals surface area contributed by atoms with Gasteiger partial charge in [0.15, 0.2) is 6.10 Å². The molecule has 1 heterocycles. The van der Waals surface area contributed by atoms with Crippen molar-refractivity contribution in [3.05, 3.63) is 0 Å². The molecule has 0 bridgehead atoms. The highest BCUT2D eigenvalue weighted by Gasteiger charge is 2.43. The molecule has 6 heteroatoms. The van der Waals surface area contributed by atoms with Crippen molar-refractivity contribution in [3.63, 3.8) is 0 Å². The lowest BCUT2D eigenvalue weighted by Crippen LogP contribution is -2.55. The molecule has 0 spiro atoms. The van der Waals surface area contributed by atoms with Gasteiger partial charge in [-0.2, -0.15) is 0 Å². The average Bonchev–Trinajstić information content (AvgIpc) is 2.27. The molecule has 0 aliphatic carbocycles. The molecule has 104 valence electrons. The first-order valence-electron chi connectivity index (χ1n) is 5.97. The molecule has 2 unspecified atom stereocenters. The molecule has 1 aliphatic rings. The molecule has 0 aromatic heterocycles. The van der Waals surface area contributed by atoms with Crippen LogP contribution in [0.4, 0.5) is 0 Å². The lowest BCUT2D eigenvalue weighted by atomic mass is 9.88. The lowest BCUT2D eigenvalue weighted by molar-refractivity contribution is -0.217. The van der Waals surface area contributed by atoms with Crippen LogP contribution < -0.4 is 0 Å². The molecule has 1 saturated heterocycles. The Morgan fingerprint density at radius 3 is 2.33 bits per heavy atom. The van der Waals surface area contributed by atoms with E-state index in [4.69, 9.17) is 14.2 Å². The van der Waals surface area contributed by atoms with Gasteiger partial charge in [-0.3, -0.25) is 9.59 Å². The number of rotatable bonds is 3. The van der Waals surface area contributed by atoms with Gasteiger partial charge in [-0.1, -0.05) is 6.92 Å². The van der Waals surface area contributed by atoms with E-state index in [9.17, 15) is 14.7 Å². The summed E-state index contributed by atoms with van der Waals surface area (Å²) in [7, 11) is 0. The van der Waals surface area contributed by atoms with E-state index >= 15 is 0 Å². The standard InChI is InChI=1S/C12H20O6/c1-6-10(5-16-8(3)13)17-7(2)12(11(6)15)18-9(4)14/h6-7,10-12,15H,5H2,1-4H3/t6-,7+,10?,11+,12?/m1/s1. The number of aliphatic hydroxyl groups excluding tert-OH is 1. The predicted octanol–water partition coefficient (Wildman–Crippen LogP) is 0.265. The summed E-state index contributed by atoms with van der Waals surface area (Å²) in [6, 6.07) is 0. The topological polar surface area (TPSA) is 82.1 Å². The van der Waals surface area contributed by atoms with E-state index in [0.29, 0.717) is 0 Å². The zero-order chi connectivity index (χ0) is 13.9. The fourth-order valence-corrected chi connectivity index (χ4v) is 2.02. The van der Waals surface area contributed by atoms with E-state index in [1.807, 2.05) is 0 Å². The number of hydrogen-bond acceptors (Lipinski definition) is 6. The van der Waals surface area contributed by atoms with E-state index < -0.39 is 36.4 Å². The third kappa shape index (κ3) is 3.68. The lowest BCUT2D eigenvalue weighted by Gasteiger charge is -2.41. The van der Waals surface area contributed by atoms with Crippen molar-refractivity contribution < 1.29 is 28.9 Å². The van der Waals surface area contributed by atoms with E-state index in [-0.39, 0.29) is 12.5 Å². The highest BCUT2D eigenvalue weighted by molar-refractivity contribution is 5.66. The van der Waals surface area contributed by atoms with Crippen molar-refractivity contribution >= 4 is 11.9 Å². The van der Waals surface area contributed by atoms with Crippen LogP contribution in [0.15, 0.2) is 0 Å². The summed E-state index contributed by atoms with van der Waals surface area (Å²) in [5.74, 6) is -1.14. The maximum atomic E-state index is 10.9. The second-order valence-corrected chi connectivity index (χ2v) is 4.61. The van der Waals surface area contributed by atoms with Gasteiger partial charge in [0.1, 0.15) is 6.61 Å². The monoisotopic (exact) mass is 260 g/mol. The first-order chi connectivity index (χ1) is 8.32. The molecule has 1 N–H and O–H groups in total. The van der Waals surface area contributed by atoms with Crippen molar-refractivity contribution in [2.24, 2.45) is 5.92 Å². The zero-order valence-corrected chi connectivity index (χ0v) is 11.1. The van der Waals surface area contributed by atoms with Gasteiger partial charge in [0.2, 0.25) is 0 Å². The molecule has 0 saturated carbocycles.